The summed E-state index contributed by atoms with van der Waals surface area (Å²) in [6.07, 6.45) is 1.08. The number of rotatable bonds is 4. The molecule has 1 N–H and O–H groups in total. The van der Waals surface area contributed by atoms with Crippen LogP contribution in [0.3, 0.4) is 0 Å². The Morgan fingerprint density at radius 2 is 1.50 bits per heavy atom. The van der Waals surface area contributed by atoms with E-state index in [1.165, 1.54) is 0 Å². The molecule has 2 nitrogen and oxygen atoms in total. The van der Waals surface area contributed by atoms with Crippen LogP contribution < -0.4 is 4.74 Å². The van der Waals surface area contributed by atoms with Crippen LogP contribution in [-0.2, 0) is 0 Å². The van der Waals surface area contributed by atoms with E-state index in [4.69, 9.17) is 4.74 Å². The van der Waals surface area contributed by atoms with Gasteiger partial charge >= 0.3 is 0 Å². The number of ether oxygens (including phenoxy) is 1. The predicted molar refractivity (Wildman–Crippen MR) is 106 cm³/mol. The lowest BCUT2D eigenvalue weighted by molar-refractivity contribution is 0.229. The molecule has 3 aromatic rings. The zero-order chi connectivity index (χ0) is 18.2. The quantitative estimate of drug-likeness (QED) is 0.687. The minimum absolute atomic E-state index is 0.712. The van der Waals surface area contributed by atoms with Gasteiger partial charge in [0.05, 0.1) is 13.2 Å². The van der Waals surface area contributed by atoms with E-state index >= 15 is 0 Å². The lowest BCUT2D eigenvalue weighted by atomic mass is 10.0. The van der Waals surface area contributed by atoms with Gasteiger partial charge in [0.25, 0.3) is 0 Å². The molecule has 0 aliphatic rings. The van der Waals surface area contributed by atoms with Gasteiger partial charge in [-0.3, -0.25) is 0 Å². The third-order valence-electron chi connectivity index (χ3n) is 3.98. The first-order valence-electron chi connectivity index (χ1n) is 8.42. The summed E-state index contributed by atoms with van der Waals surface area (Å²) >= 11 is 0. The molecule has 26 heavy (non-hydrogen) atoms. The van der Waals surface area contributed by atoms with Crippen LogP contribution in [0, 0.1) is 11.8 Å². The van der Waals surface area contributed by atoms with Crippen molar-refractivity contribution in [3.8, 4) is 17.6 Å². The smallest absolute Gasteiger partial charge is 0.118 e. The Balaban J connectivity index is 1.94. The first kappa shape index (κ1) is 17.5. The first-order chi connectivity index (χ1) is 12.8. The molecule has 0 radical (unpaired) electrons. The number of aliphatic hydroxyl groups excluding tert-OH is 1. The largest absolute Gasteiger partial charge is 0.497 e. The fraction of sp³-hybridized carbons (Fsp3) is 0.0833. The number of methoxy groups -OCH3 is 1. The van der Waals surface area contributed by atoms with Gasteiger partial charge in [-0.2, -0.15) is 0 Å². The van der Waals surface area contributed by atoms with Crippen LogP contribution in [0.25, 0.3) is 5.57 Å². The Morgan fingerprint density at radius 3 is 2.12 bits per heavy atom. The van der Waals surface area contributed by atoms with Crippen molar-refractivity contribution >= 4 is 5.57 Å². The zero-order valence-electron chi connectivity index (χ0n) is 14.6. The molecule has 3 aromatic carbocycles. The van der Waals surface area contributed by atoms with Gasteiger partial charge in [-0.1, -0.05) is 72.5 Å². The Bertz CT molecular complexity index is 915. The maximum absolute atomic E-state index is 10.6. The molecule has 0 spiro atoms. The SMILES string of the molecule is COc1ccc(C#C/C(=C/C(O)c2ccccc2)c2ccccc2)cc1. The van der Waals surface area contributed by atoms with Crippen molar-refractivity contribution in [2.24, 2.45) is 0 Å². The van der Waals surface area contributed by atoms with E-state index in [1.807, 2.05) is 84.9 Å². The normalized spacial score (nSPS) is 12.0. The Morgan fingerprint density at radius 1 is 0.885 bits per heavy atom. The van der Waals surface area contributed by atoms with E-state index < -0.39 is 6.10 Å². The molecule has 0 saturated carbocycles. The van der Waals surface area contributed by atoms with Crippen LogP contribution in [0.2, 0.25) is 0 Å². The molecule has 3 rings (SSSR count). The van der Waals surface area contributed by atoms with Gasteiger partial charge in [0.2, 0.25) is 0 Å². The van der Waals surface area contributed by atoms with Crippen molar-refractivity contribution < 1.29 is 9.84 Å². The first-order valence-corrected chi connectivity index (χ1v) is 8.42. The standard InChI is InChI=1S/C24H20O2/c1-26-23-16-13-19(14-17-23)12-15-22(20-8-4-2-5-9-20)18-24(25)21-10-6-3-7-11-21/h2-11,13-14,16-18,24-25H,1H3/b22-18-. The molecule has 1 unspecified atom stereocenters. The second kappa shape index (κ2) is 8.71. The van der Waals surface area contributed by atoms with Gasteiger partial charge < -0.3 is 9.84 Å². The van der Waals surface area contributed by atoms with Crippen LogP contribution in [-0.4, -0.2) is 12.2 Å². The fourth-order valence-corrected chi connectivity index (χ4v) is 2.55. The summed E-state index contributed by atoms with van der Waals surface area (Å²) in [6.45, 7) is 0. The van der Waals surface area contributed by atoms with E-state index in [0.29, 0.717) is 0 Å². The number of hydrogen-bond donors (Lipinski definition) is 1. The average molecular weight is 340 g/mol. The highest BCUT2D eigenvalue weighted by atomic mass is 16.5. The summed E-state index contributed by atoms with van der Waals surface area (Å²) in [7, 11) is 1.64. The monoisotopic (exact) mass is 340 g/mol. The molecule has 0 saturated heterocycles. The van der Waals surface area contributed by atoms with Gasteiger partial charge in [0.15, 0.2) is 0 Å². The molecule has 128 valence electrons. The number of aliphatic hydroxyl groups is 1. The van der Waals surface area contributed by atoms with Crippen molar-refractivity contribution in [2.45, 2.75) is 6.10 Å². The van der Waals surface area contributed by atoms with E-state index in [9.17, 15) is 5.11 Å². The van der Waals surface area contributed by atoms with Crippen molar-refractivity contribution in [3.63, 3.8) is 0 Å². The number of benzene rings is 3. The van der Waals surface area contributed by atoms with Crippen LogP contribution in [0.15, 0.2) is 91.0 Å². The zero-order valence-corrected chi connectivity index (χ0v) is 14.6. The van der Waals surface area contributed by atoms with Gasteiger partial charge in [-0.15, -0.1) is 0 Å². The van der Waals surface area contributed by atoms with Gasteiger partial charge in [-0.25, -0.2) is 0 Å². The van der Waals surface area contributed by atoms with Gasteiger partial charge in [0.1, 0.15) is 5.75 Å². The molecule has 0 aliphatic heterocycles. The maximum Gasteiger partial charge on any atom is 0.118 e. The van der Waals surface area contributed by atoms with E-state index in [-0.39, 0.29) is 0 Å². The maximum atomic E-state index is 10.6. The van der Waals surface area contributed by atoms with Crippen molar-refractivity contribution in [1.29, 1.82) is 0 Å². The predicted octanol–water partition coefficient (Wildman–Crippen LogP) is 4.86. The lowest BCUT2D eigenvalue weighted by Gasteiger charge is -2.08. The van der Waals surface area contributed by atoms with Crippen LogP contribution in [0.5, 0.6) is 5.75 Å². The molecular weight excluding hydrogens is 320 g/mol. The third kappa shape index (κ3) is 4.63. The third-order valence-corrected chi connectivity index (χ3v) is 3.98. The molecule has 2 heteroatoms. The molecule has 0 heterocycles. The lowest BCUT2D eigenvalue weighted by Crippen LogP contribution is -1.94. The second-order valence-electron chi connectivity index (χ2n) is 5.78. The summed E-state index contributed by atoms with van der Waals surface area (Å²) in [5.74, 6) is 7.17. The second-order valence-corrected chi connectivity index (χ2v) is 5.78. The minimum Gasteiger partial charge on any atom is -0.497 e. The Labute approximate surface area is 154 Å². The topological polar surface area (TPSA) is 29.5 Å². The molecule has 0 aromatic heterocycles. The highest BCUT2D eigenvalue weighted by Gasteiger charge is 2.06. The summed E-state index contributed by atoms with van der Waals surface area (Å²) in [4.78, 5) is 0. The summed E-state index contributed by atoms with van der Waals surface area (Å²) in [5.41, 5.74) is 3.50. The Kier molecular flexibility index (Phi) is 5.88. The number of hydrogen-bond acceptors (Lipinski definition) is 2. The van der Waals surface area contributed by atoms with Crippen LogP contribution >= 0.6 is 0 Å². The Hall–Kier alpha value is -3.28. The van der Waals surface area contributed by atoms with Crippen LogP contribution in [0.4, 0.5) is 0 Å². The number of allylic oxidation sites excluding steroid dienone is 1. The van der Waals surface area contributed by atoms with Gasteiger partial charge in [0, 0.05) is 11.1 Å². The highest BCUT2D eigenvalue weighted by Crippen LogP contribution is 2.21. The van der Waals surface area contributed by atoms with Crippen molar-refractivity contribution in [2.75, 3.05) is 7.11 Å². The van der Waals surface area contributed by atoms with E-state index in [0.717, 1.165) is 28.0 Å². The fourth-order valence-electron chi connectivity index (χ4n) is 2.55. The van der Waals surface area contributed by atoms with Gasteiger partial charge in [-0.05, 0) is 41.5 Å². The molecule has 0 bridgehead atoms. The van der Waals surface area contributed by atoms with Crippen molar-refractivity contribution in [1.82, 2.24) is 0 Å². The molecule has 1 atom stereocenters. The minimum atomic E-state index is -0.712. The van der Waals surface area contributed by atoms with E-state index in [2.05, 4.69) is 11.8 Å². The summed E-state index contributed by atoms with van der Waals surface area (Å²) in [5, 5.41) is 10.6. The van der Waals surface area contributed by atoms with Crippen molar-refractivity contribution in [3.05, 3.63) is 108 Å². The average Bonchev–Trinajstić information content (AvgIpc) is 2.72. The van der Waals surface area contributed by atoms with Crippen LogP contribution in [0.1, 0.15) is 22.8 Å². The van der Waals surface area contributed by atoms with E-state index in [1.54, 1.807) is 13.2 Å². The summed E-state index contributed by atoms with van der Waals surface area (Å²) < 4.78 is 5.17. The molecular formula is C24H20O2. The molecule has 0 amide bonds. The highest BCUT2D eigenvalue weighted by molar-refractivity contribution is 5.80. The molecule has 0 fully saturated rings. The summed E-state index contributed by atoms with van der Waals surface area (Å²) in [6, 6.07) is 27.1. The molecule has 0 aliphatic carbocycles.